The minimum atomic E-state index is -0.600. The van der Waals surface area contributed by atoms with Gasteiger partial charge in [0.2, 0.25) is 5.28 Å². The van der Waals surface area contributed by atoms with E-state index in [-0.39, 0.29) is 11.1 Å². The van der Waals surface area contributed by atoms with Gasteiger partial charge < -0.3 is 4.57 Å². The van der Waals surface area contributed by atoms with Crippen molar-refractivity contribution in [1.29, 1.82) is 0 Å². The highest BCUT2D eigenvalue weighted by Gasteiger charge is 2.10. The van der Waals surface area contributed by atoms with Crippen molar-refractivity contribution in [3.8, 4) is 5.82 Å². The summed E-state index contributed by atoms with van der Waals surface area (Å²) >= 11 is 5.58. The van der Waals surface area contributed by atoms with Gasteiger partial charge >= 0.3 is 0 Å². The summed E-state index contributed by atoms with van der Waals surface area (Å²) in [6, 6.07) is 0. The first-order valence-corrected chi connectivity index (χ1v) is 4.82. The maximum atomic E-state index is 13.4. The summed E-state index contributed by atoms with van der Waals surface area (Å²) in [6.45, 7) is 1.75. The molecule has 0 bridgehead atoms. The smallest absolute Gasteiger partial charge is 0.224 e. The molecule has 0 aromatic carbocycles. The molecule has 0 atom stereocenters. The van der Waals surface area contributed by atoms with Crippen LogP contribution in [-0.4, -0.2) is 20.8 Å². The molecule has 0 spiro atoms. The van der Waals surface area contributed by atoms with Gasteiger partial charge in [0.05, 0.1) is 6.20 Å². The predicted octanol–water partition coefficient (Wildman–Crippen LogP) is 2.18. The SMILES string of the molecule is Cc1cn(-c2nc(Cl)ncc2F)cc1C=O. The van der Waals surface area contributed by atoms with Gasteiger partial charge in [-0.3, -0.25) is 4.79 Å². The summed E-state index contributed by atoms with van der Waals surface area (Å²) in [5, 5.41) is -0.0459. The number of carbonyl (C=O) groups is 1. The maximum absolute atomic E-state index is 13.4. The lowest BCUT2D eigenvalue weighted by Gasteiger charge is -2.02. The second-order valence-corrected chi connectivity index (χ2v) is 3.57. The van der Waals surface area contributed by atoms with Crippen LogP contribution in [0.1, 0.15) is 15.9 Å². The number of carbonyl (C=O) groups excluding carboxylic acids is 1. The van der Waals surface area contributed by atoms with Crippen LogP contribution in [0, 0.1) is 12.7 Å². The number of hydrogen-bond donors (Lipinski definition) is 0. The molecule has 0 aliphatic carbocycles. The summed E-state index contributed by atoms with van der Waals surface area (Å²) in [5.74, 6) is -0.576. The number of hydrogen-bond acceptors (Lipinski definition) is 3. The molecule has 16 heavy (non-hydrogen) atoms. The Kier molecular flexibility index (Phi) is 2.70. The second kappa shape index (κ2) is 4.02. The number of nitrogens with zero attached hydrogens (tertiary/aromatic N) is 3. The van der Waals surface area contributed by atoms with E-state index in [1.165, 1.54) is 10.8 Å². The number of aromatic nitrogens is 3. The van der Waals surface area contributed by atoms with Crippen molar-refractivity contribution >= 4 is 17.9 Å². The first-order valence-electron chi connectivity index (χ1n) is 4.44. The highest BCUT2D eigenvalue weighted by molar-refractivity contribution is 6.28. The van der Waals surface area contributed by atoms with Gasteiger partial charge in [0, 0.05) is 18.0 Å². The average Bonchev–Trinajstić information content (AvgIpc) is 2.63. The monoisotopic (exact) mass is 239 g/mol. The highest BCUT2D eigenvalue weighted by Crippen LogP contribution is 2.15. The topological polar surface area (TPSA) is 47.8 Å². The third-order valence-electron chi connectivity index (χ3n) is 2.13. The standard InChI is InChI=1S/C10H7ClFN3O/c1-6-3-15(4-7(6)5-16)9-8(12)2-13-10(11)14-9/h2-5H,1H3. The molecular weight excluding hydrogens is 233 g/mol. The van der Waals surface area contributed by atoms with Gasteiger partial charge in [-0.25, -0.2) is 9.37 Å². The van der Waals surface area contributed by atoms with E-state index in [9.17, 15) is 9.18 Å². The molecule has 0 N–H and O–H groups in total. The van der Waals surface area contributed by atoms with Crippen molar-refractivity contribution in [3.63, 3.8) is 0 Å². The fourth-order valence-electron chi connectivity index (χ4n) is 1.34. The molecular formula is C10H7ClFN3O. The van der Waals surface area contributed by atoms with Gasteiger partial charge in [-0.2, -0.15) is 4.98 Å². The van der Waals surface area contributed by atoms with E-state index in [2.05, 4.69) is 9.97 Å². The van der Waals surface area contributed by atoms with E-state index < -0.39 is 5.82 Å². The molecule has 0 aliphatic heterocycles. The van der Waals surface area contributed by atoms with Crippen LogP contribution >= 0.6 is 11.6 Å². The fourth-order valence-corrected chi connectivity index (χ4v) is 1.46. The van der Waals surface area contributed by atoms with Crippen molar-refractivity contribution in [1.82, 2.24) is 14.5 Å². The molecule has 2 rings (SSSR count). The van der Waals surface area contributed by atoms with Gasteiger partial charge in [0.25, 0.3) is 0 Å². The minimum absolute atomic E-state index is 0.0243. The molecule has 0 fully saturated rings. The van der Waals surface area contributed by atoms with Gasteiger partial charge in [-0.05, 0) is 24.1 Å². The lowest BCUT2D eigenvalue weighted by Crippen LogP contribution is -2.00. The van der Waals surface area contributed by atoms with E-state index in [0.717, 1.165) is 11.8 Å². The Morgan fingerprint density at radius 1 is 1.50 bits per heavy atom. The first kappa shape index (κ1) is 10.8. The number of rotatable bonds is 2. The van der Waals surface area contributed by atoms with Gasteiger partial charge in [-0.1, -0.05) is 0 Å². The molecule has 2 aromatic rings. The summed E-state index contributed by atoms with van der Waals surface area (Å²) in [5.41, 5.74) is 1.22. The van der Waals surface area contributed by atoms with Gasteiger partial charge in [0.1, 0.15) is 0 Å². The van der Waals surface area contributed by atoms with E-state index in [1.54, 1.807) is 13.1 Å². The Labute approximate surface area is 95.7 Å². The van der Waals surface area contributed by atoms with Crippen LogP contribution in [0.5, 0.6) is 0 Å². The van der Waals surface area contributed by atoms with E-state index >= 15 is 0 Å². The number of halogens is 2. The Bertz CT molecular complexity index is 553. The first-order chi connectivity index (χ1) is 7.61. The fraction of sp³-hybridized carbons (Fsp3) is 0.100. The Hall–Kier alpha value is -1.75. The van der Waals surface area contributed by atoms with Crippen LogP contribution in [0.2, 0.25) is 5.28 Å². The Balaban J connectivity index is 2.57. The van der Waals surface area contributed by atoms with Crippen molar-refractivity contribution in [2.75, 3.05) is 0 Å². The average molecular weight is 240 g/mol. The van der Waals surface area contributed by atoms with Crippen LogP contribution in [-0.2, 0) is 0 Å². The van der Waals surface area contributed by atoms with Gasteiger partial charge in [0.15, 0.2) is 17.9 Å². The molecule has 0 radical (unpaired) electrons. The van der Waals surface area contributed by atoms with Crippen molar-refractivity contribution in [3.05, 3.63) is 40.8 Å². The van der Waals surface area contributed by atoms with Crippen LogP contribution in [0.3, 0.4) is 0 Å². The zero-order chi connectivity index (χ0) is 11.7. The third kappa shape index (κ3) is 1.81. The molecule has 4 nitrogen and oxygen atoms in total. The number of aldehydes is 1. The summed E-state index contributed by atoms with van der Waals surface area (Å²) < 4.78 is 14.8. The molecule has 0 amide bonds. The second-order valence-electron chi connectivity index (χ2n) is 3.23. The van der Waals surface area contributed by atoms with Crippen LogP contribution < -0.4 is 0 Å². The predicted molar refractivity (Wildman–Crippen MR) is 56.5 cm³/mol. The highest BCUT2D eigenvalue weighted by atomic mass is 35.5. The van der Waals surface area contributed by atoms with E-state index in [0.29, 0.717) is 11.8 Å². The van der Waals surface area contributed by atoms with E-state index in [4.69, 9.17) is 11.6 Å². The molecule has 2 heterocycles. The summed E-state index contributed by atoms with van der Waals surface area (Å²) in [7, 11) is 0. The maximum Gasteiger partial charge on any atom is 0.224 e. The molecule has 6 heteroatoms. The zero-order valence-electron chi connectivity index (χ0n) is 8.32. The largest absolute Gasteiger partial charge is 0.305 e. The third-order valence-corrected chi connectivity index (χ3v) is 2.32. The molecule has 2 aromatic heterocycles. The van der Waals surface area contributed by atoms with Gasteiger partial charge in [-0.15, -0.1) is 0 Å². The quantitative estimate of drug-likeness (QED) is 0.596. The van der Waals surface area contributed by atoms with Crippen molar-refractivity contribution in [2.45, 2.75) is 6.92 Å². The van der Waals surface area contributed by atoms with Crippen molar-refractivity contribution < 1.29 is 9.18 Å². The Morgan fingerprint density at radius 2 is 2.25 bits per heavy atom. The molecule has 0 saturated heterocycles. The van der Waals surface area contributed by atoms with E-state index in [1.807, 2.05) is 0 Å². The zero-order valence-corrected chi connectivity index (χ0v) is 9.07. The summed E-state index contributed by atoms with van der Waals surface area (Å²) in [4.78, 5) is 17.9. The van der Waals surface area contributed by atoms with Crippen molar-refractivity contribution in [2.24, 2.45) is 0 Å². The molecule has 0 unspecified atom stereocenters. The van der Waals surface area contributed by atoms with Crippen LogP contribution in [0.15, 0.2) is 18.6 Å². The normalized spacial score (nSPS) is 10.4. The molecule has 82 valence electrons. The molecule has 0 aliphatic rings. The number of aryl methyl sites for hydroxylation is 1. The van der Waals surface area contributed by atoms with Crippen LogP contribution in [0.25, 0.3) is 5.82 Å². The lowest BCUT2D eigenvalue weighted by molar-refractivity contribution is 0.112. The minimum Gasteiger partial charge on any atom is -0.305 e. The van der Waals surface area contributed by atoms with Crippen LogP contribution in [0.4, 0.5) is 4.39 Å². The Morgan fingerprint density at radius 3 is 2.88 bits per heavy atom. The lowest BCUT2D eigenvalue weighted by atomic mass is 10.2. The molecule has 0 saturated carbocycles. The summed E-state index contributed by atoms with van der Waals surface area (Å²) in [6.07, 6.45) is 4.78.